The molecule has 4 N–H and O–H groups in total. The molecule has 1 aliphatic rings. The molecule has 0 fully saturated rings. The number of hydrogen-bond donors (Lipinski definition) is 3. The molecule has 3 aromatic carbocycles. The quantitative estimate of drug-likeness (QED) is 0.122. The number of halogens is 2. The summed E-state index contributed by atoms with van der Waals surface area (Å²) in [5, 5.41) is 4.49. The predicted octanol–water partition coefficient (Wildman–Crippen LogP) is -0.165. The van der Waals surface area contributed by atoms with Gasteiger partial charge < -0.3 is 25.5 Å². The molecule has 0 amide bonds. The van der Waals surface area contributed by atoms with Gasteiger partial charge in [-0.25, -0.2) is 16.8 Å². The van der Waals surface area contributed by atoms with Crippen LogP contribution in [0, 0.1) is 0 Å². The second-order valence-corrected chi connectivity index (χ2v) is 11.7. The van der Waals surface area contributed by atoms with Crippen LogP contribution in [0.15, 0.2) is 58.3 Å². The molecule has 0 bridgehead atoms. The van der Waals surface area contributed by atoms with Crippen LogP contribution in [0.5, 0.6) is 0 Å². The van der Waals surface area contributed by atoms with Gasteiger partial charge in [0.15, 0.2) is 11.6 Å². The molecule has 14 nitrogen and oxygen atoms in total. The molecule has 42 heavy (non-hydrogen) atoms. The van der Waals surface area contributed by atoms with Crippen molar-refractivity contribution in [2.24, 2.45) is 0 Å². The van der Waals surface area contributed by atoms with Gasteiger partial charge in [0, 0.05) is 16.8 Å². The maximum absolute atomic E-state index is 13.5. The van der Waals surface area contributed by atoms with Crippen LogP contribution in [-0.4, -0.2) is 52.5 Å². The van der Waals surface area contributed by atoms with Gasteiger partial charge in [0.25, 0.3) is 0 Å². The second-order valence-electron chi connectivity index (χ2n) is 8.36. The number of aromatic nitrogens is 3. The van der Waals surface area contributed by atoms with E-state index in [1.807, 2.05) is 0 Å². The number of anilines is 5. The Hall–Kier alpha value is -3.19. The zero-order valence-electron chi connectivity index (χ0n) is 20.9. The van der Waals surface area contributed by atoms with Crippen molar-refractivity contribution in [3.63, 3.8) is 0 Å². The molecule has 0 atom stereocenters. The average Bonchev–Trinajstić information content (AvgIpc) is 2.86. The van der Waals surface area contributed by atoms with Gasteiger partial charge in [0.1, 0.15) is 20.2 Å². The van der Waals surface area contributed by atoms with Crippen LogP contribution in [-0.2, 0) is 20.2 Å². The first-order chi connectivity index (χ1) is 19.1. The Morgan fingerprint density at radius 1 is 0.714 bits per heavy atom. The van der Waals surface area contributed by atoms with E-state index in [-0.39, 0.29) is 79.8 Å². The fourth-order valence-electron chi connectivity index (χ4n) is 4.18. The van der Waals surface area contributed by atoms with Gasteiger partial charge in [-0.05, 0) is 47.5 Å². The first-order valence-electron chi connectivity index (χ1n) is 11.0. The van der Waals surface area contributed by atoms with Crippen molar-refractivity contribution in [3.05, 3.63) is 81.4 Å². The number of carbonyl (C=O) groups excluding carboxylic acids is 2. The second kappa shape index (κ2) is 11.5. The number of fused-ring (bicyclic) bond motifs is 2. The summed E-state index contributed by atoms with van der Waals surface area (Å²) in [6.45, 7) is 0. The molecule has 1 aliphatic carbocycles. The van der Waals surface area contributed by atoms with Gasteiger partial charge in [0.05, 0.1) is 38.0 Å². The smallest absolute Gasteiger partial charge is 0.744 e. The van der Waals surface area contributed by atoms with Gasteiger partial charge >= 0.3 is 29.6 Å². The molecule has 0 aliphatic heterocycles. The Balaban J connectivity index is 0.00000405. The SMILES string of the molecule is Nc1c(S(=O)(=O)[O-])cc(Nc2ccc(S(=O)(=O)[O-])c(Nc3nc(Cl)nc(Cl)n3)c2)c2c1C(=O)c1ccccc1C2=O.[Na+]. The van der Waals surface area contributed by atoms with Crippen molar-refractivity contribution in [3.8, 4) is 0 Å². The summed E-state index contributed by atoms with van der Waals surface area (Å²) < 4.78 is 71.8. The van der Waals surface area contributed by atoms with E-state index in [0.29, 0.717) is 0 Å². The molecule has 4 aromatic rings. The number of nitrogens with two attached hydrogens (primary N) is 1. The first kappa shape index (κ1) is 31.7. The average molecular weight is 658 g/mol. The van der Waals surface area contributed by atoms with Crippen LogP contribution in [0.1, 0.15) is 31.8 Å². The van der Waals surface area contributed by atoms with E-state index in [9.17, 15) is 35.5 Å². The van der Waals surface area contributed by atoms with Crippen molar-refractivity contribution in [2.75, 3.05) is 16.4 Å². The Kier molecular flexibility index (Phi) is 8.67. The minimum Gasteiger partial charge on any atom is -0.744 e. The van der Waals surface area contributed by atoms with E-state index in [2.05, 4.69) is 25.6 Å². The van der Waals surface area contributed by atoms with Crippen LogP contribution in [0.3, 0.4) is 0 Å². The number of carbonyl (C=O) groups is 2. The molecule has 19 heteroatoms. The molecular weight excluding hydrogens is 646 g/mol. The summed E-state index contributed by atoms with van der Waals surface area (Å²) in [5.41, 5.74) is 3.63. The van der Waals surface area contributed by atoms with Crippen LogP contribution < -0.4 is 45.9 Å². The zero-order valence-corrected chi connectivity index (χ0v) is 26.0. The molecule has 0 spiro atoms. The van der Waals surface area contributed by atoms with Crippen LogP contribution >= 0.6 is 23.2 Å². The van der Waals surface area contributed by atoms with Crippen LogP contribution in [0.4, 0.5) is 28.7 Å². The van der Waals surface area contributed by atoms with Gasteiger partial charge in [0.2, 0.25) is 16.5 Å². The third kappa shape index (κ3) is 5.98. The summed E-state index contributed by atoms with van der Waals surface area (Å²) >= 11 is 11.5. The van der Waals surface area contributed by atoms with Crippen LogP contribution in [0.2, 0.25) is 10.6 Å². The van der Waals surface area contributed by atoms with Crippen molar-refractivity contribution in [1.29, 1.82) is 0 Å². The van der Waals surface area contributed by atoms with Gasteiger partial charge in [-0.1, -0.05) is 24.3 Å². The van der Waals surface area contributed by atoms with E-state index in [1.165, 1.54) is 24.3 Å². The minimum atomic E-state index is -5.24. The number of nitrogens with one attached hydrogen (secondary N) is 2. The van der Waals surface area contributed by atoms with E-state index in [4.69, 9.17) is 28.9 Å². The summed E-state index contributed by atoms with van der Waals surface area (Å²) in [5.74, 6) is -1.83. The Bertz CT molecular complexity index is 2020. The molecular formula is C23H12Cl2N6NaO8S2-. The van der Waals surface area contributed by atoms with Gasteiger partial charge in [-0.15, -0.1) is 0 Å². The van der Waals surface area contributed by atoms with Gasteiger partial charge in [-0.3, -0.25) is 9.59 Å². The molecule has 0 unspecified atom stereocenters. The first-order valence-corrected chi connectivity index (χ1v) is 14.5. The van der Waals surface area contributed by atoms with Crippen molar-refractivity contribution in [2.45, 2.75) is 9.79 Å². The van der Waals surface area contributed by atoms with Crippen molar-refractivity contribution < 1.29 is 65.1 Å². The van der Waals surface area contributed by atoms with Crippen LogP contribution in [0.25, 0.3) is 0 Å². The third-order valence-corrected chi connectivity index (χ3v) is 7.93. The molecule has 210 valence electrons. The van der Waals surface area contributed by atoms with Gasteiger partial charge in [-0.2, -0.15) is 15.0 Å². The summed E-state index contributed by atoms with van der Waals surface area (Å²) in [7, 11) is -10.3. The number of nitrogen functional groups attached to an aromatic ring is 1. The van der Waals surface area contributed by atoms with E-state index < -0.39 is 52.8 Å². The number of benzene rings is 3. The standard InChI is InChI=1S/C23H14Cl2N6O8S2.Na/c24-21-29-22(25)31-23(30-21)28-12-7-9(5-6-14(12)40(34,35)36)27-13-8-15(41(37,38)39)18(26)17-16(13)19(32)10-3-1-2-4-11(10)20(17)33;/h1-8,27H,26H2,(H,34,35,36)(H,37,38,39)(H,28,29,30,31);/q;+1/p-2. The molecule has 1 aromatic heterocycles. The van der Waals surface area contributed by atoms with Crippen molar-refractivity contribution in [1.82, 2.24) is 15.0 Å². The molecule has 0 saturated heterocycles. The predicted molar refractivity (Wildman–Crippen MR) is 143 cm³/mol. The summed E-state index contributed by atoms with van der Waals surface area (Å²) in [4.78, 5) is 36.1. The number of ketones is 2. The summed E-state index contributed by atoms with van der Waals surface area (Å²) in [6, 6.07) is 9.61. The zero-order chi connectivity index (χ0) is 29.9. The number of rotatable bonds is 6. The third-order valence-electron chi connectivity index (χ3n) is 5.82. The maximum Gasteiger partial charge on any atom is 1.00 e. The Morgan fingerprint density at radius 3 is 1.81 bits per heavy atom. The minimum absolute atomic E-state index is 0. The van der Waals surface area contributed by atoms with E-state index in [0.717, 1.165) is 24.3 Å². The van der Waals surface area contributed by atoms with E-state index in [1.54, 1.807) is 0 Å². The Labute approximate surface area is 269 Å². The van der Waals surface area contributed by atoms with E-state index >= 15 is 0 Å². The molecule has 1 heterocycles. The molecule has 0 radical (unpaired) electrons. The topological polar surface area (TPSA) is 237 Å². The number of nitrogens with zero attached hydrogens (tertiary/aromatic N) is 3. The fourth-order valence-corrected chi connectivity index (χ4v) is 5.79. The summed E-state index contributed by atoms with van der Waals surface area (Å²) in [6.07, 6.45) is 0. The molecule has 5 rings (SSSR count). The normalized spacial score (nSPS) is 12.7. The number of hydrogen-bond acceptors (Lipinski definition) is 14. The maximum atomic E-state index is 13.5. The Morgan fingerprint density at radius 2 is 1.26 bits per heavy atom. The monoisotopic (exact) mass is 657 g/mol. The molecule has 0 saturated carbocycles. The largest absolute Gasteiger partial charge is 1.00 e. The fraction of sp³-hybridized carbons (Fsp3) is 0. The van der Waals surface area contributed by atoms with Crippen molar-refractivity contribution >= 4 is 83.7 Å².